The van der Waals surface area contributed by atoms with Crippen LogP contribution in [0.4, 0.5) is 0 Å². The SMILES string of the molecule is O=C(O)c1nc(-c2ccc(Cl)cc2)[nH]c1CCNC1CCCC1. The normalized spacial score (nSPS) is 15.2. The summed E-state index contributed by atoms with van der Waals surface area (Å²) in [5, 5.41) is 13.5. The largest absolute Gasteiger partial charge is 0.476 e. The van der Waals surface area contributed by atoms with E-state index >= 15 is 0 Å². The number of imidazole rings is 1. The summed E-state index contributed by atoms with van der Waals surface area (Å²) in [4.78, 5) is 18.8. The molecule has 0 amide bonds. The molecule has 6 heteroatoms. The van der Waals surface area contributed by atoms with Crippen LogP contribution in [0.2, 0.25) is 5.02 Å². The Balaban J connectivity index is 1.73. The average Bonchev–Trinajstić information content (AvgIpc) is 3.18. The van der Waals surface area contributed by atoms with Crippen LogP contribution in [0, 0.1) is 0 Å². The van der Waals surface area contributed by atoms with Crippen molar-refractivity contribution in [3.63, 3.8) is 0 Å². The van der Waals surface area contributed by atoms with Gasteiger partial charge in [0, 0.05) is 29.6 Å². The van der Waals surface area contributed by atoms with E-state index in [1.165, 1.54) is 25.7 Å². The Hall–Kier alpha value is -1.85. The third-order valence-electron chi connectivity index (χ3n) is 4.26. The van der Waals surface area contributed by atoms with Gasteiger partial charge in [-0.3, -0.25) is 0 Å². The third kappa shape index (κ3) is 3.92. The van der Waals surface area contributed by atoms with Crippen LogP contribution in [-0.2, 0) is 6.42 Å². The molecule has 0 saturated heterocycles. The molecule has 0 radical (unpaired) electrons. The van der Waals surface area contributed by atoms with Crippen LogP contribution >= 0.6 is 11.6 Å². The van der Waals surface area contributed by atoms with Gasteiger partial charge in [-0.25, -0.2) is 9.78 Å². The molecule has 0 aliphatic heterocycles. The van der Waals surface area contributed by atoms with Gasteiger partial charge in [0.25, 0.3) is 0 Å². The molecule has 5 nitrogen and oxygen atoms in total. The molecule has 1 heterocycles. The number of rotatable bonds is 6. The number of carboxylic acid groups (broad SMARTS) is 1. The minimum Gasteiger partial charge on any atom is -0.476 e. The molecule has 1 aliphatic rings. The summed E-state index contributed by atoms with van der Waals surface area (Å²) < 4.78 is 0. The number of nitrogens with one attached hydrogen (secondary N) is 2. The molecule has 1 aliphatic carbocycles. The Bertz CT molecular complexity index is 676. The number of hydrogen-bond acceptors (Lipinski definition) is 3. The predicted octanol–water partition coefficient (Wildman–Crippen LogP) is 3.50. The first kappa shape index (κ1) is 16.0. The molecule has 23 heavy (non-hydrogen) atoms. The molecule has 122 valence electrons. The molecule has 3 rings (SSSR count). The third-order valence-corrected chi connectivity index (χ3v) is 4.51. The van der Waals surface area contributed by atoms with E-state index in [1.807, 2.05) is 12.1 Å². The van der Waals surface area contributed by atoms with E-state index in [4.69, 9.17) is 11.6 Å². The van der Waals surface area contributed by atoms with Gasteiger partial charge in [-0.1, -0.05) is 24.4 Å². The van der Waals surface area contributed by atoms with Crippen molar-refractivity contribution in [3.8, 4) is 11.4 Å². The molecular formula is C17H20ClN3O2. The second-order valence-electron chi connectivity index (χ2n) is 5.91. The van der Waals surface area contributed by atoms with Crippen LogP contribution in [-0.4, -0.2) is 33.6 Å². The highest BCUT2D eigenvalue weighted by Gasteiger charge is 2.18. The molecule has 1 aromatic heterocycles. The van der Waals surface area contributed by atoms with Crippen LogP contribution in [0.3, 0.4) is 0 Å². The fraction of sp³-hybridized carbons (Fsp3) is 0.412. The number of nitrogens with zero attached hydrogens (tertiary/aromatic N) is 1. The van der Waals surface area contributed by atoms with Gasteiger partial charge in [-0.05, 0) is 37.1 Å². The van der Waals surface area contributed by atoms with Crippen molar-refractivity contribution >= 4 is 17.6 Å². The molecule has 1 aromatic carbocycles. The van der Waals surface area contributed by atoms with E-state index in [9.17, 15) is 9.90 Å². The van der Waals surface area contributed by atoms with Gasteiger partial charge in [0.2, 0.25) is 0 Å². The maximum atomic E-state index is 11.4. The number of H-pyrrole nitrogens is 1. The average molecular weight is 334 g/mol. The van der Waals surface area contributed by atoms with Crippen LogP contribution < -0.4 is 5.32 Å². The Morgan fingerprint density at radius 3 is 2.65 bits per heavy atom. The second-order valence-corrected chi connectivity index (χ2v) is 6.35. The van der Waals surface area contributed by atoms with Crippen molar-refractivity contribution in [2.24, 2.45) is 0 Å². The molecule has 2 aromatic rings. The second kappa shape index (κ2) is 7.15. The number of benzene rings is 1. The van der Waals surface area contributed by atoms with Gasteiger partial charge < -0.3 is 15.4 Å². The van der Waals surface area contributed by atoms with Gasteiger partial charge in [-0.2, -0.15) is 0 Å². The molecule has 0 atom stereocenters. The highest BCUT2D eigenvalue weighted by molar-refractivity contribution is 6.30. The molecule has 0 spiro atoms. The Labute approximate surface area is 140 Å². The summed E-state index contributed by atoms with van der Waals surface area (Å²) >= 11 is 5.88. The summed E-state index contributed by atoms with van der Waals surface area (Å²) in [6.45, 7) is 0.757. The van der Waals surface area contributed by atoms with E-state index < -0.39 is 5.97 Å². The van der Waals surface area contributed by atoms with Gasteiger partial charge in [0.05, 0.1) is 5.69 Å². The van der Waals surface area contributed by atoms with E-state index in [2.05, 4.69) is 15.3 Å². The number of aromatic nitrogens is 2. The van der Waals surface area contributed by atoms with Crippen molar-refractivity contribution in [2.45, 2.75) is 38.1 Å². The number of halogens is 1. The van der Waals surface area contributed by atoms with E-state index in [1.54, 1.807) is 12.1 Å². The van der Waals surface area contributed by atoms with E-state index in [-0.39, 0.29) is 5.69 Å². The number of aromatic carboxylic acids is 1. The Kier molecular flexibility index (Phi) is 4.98. The predicted molar refractivity (Wildman–Crippen MR) is 90.0 cm³/mol. The lowest BCUT2D eigenvalue weighted by atomic mass is 10.2. The van der Waals surface area contributed by atoms with Crippen molar-refractivity contribution in [3.05, 3.63) is 40.7 Å². The first-order chi connectivity index (χ1) is 11.1. The zero-order valence-corrected chi connectivity index (χ0v) is 13.6. The fourth-order valence-corrected chi connectivity index (χ4v) is 3.17. The van der Waals surface area contributed by atoms with Gasteiger partial charge in [0.1, 0.15) is 5.82 Å². The first-order valence-electron chi connectivity index (χ1n) is 7.95. The lowest BCUT2D eigenvalue weighted by Crippen LogP contribution is -2.28. The first-order valence-corrected chi connectivity index (χ1v) is 8.33. The van der Waals surface area contributed by atoms with Crippen molar-refractivity contribution < 1.29 is 9.90 Å². The molecule has 3 N–H and O–H groups in total. The summed E-state index contributed by atoms with van der Waals surface area (Å²) in [5.41, 5.74) is 1.59. The van der Waals surface area contributed by atoms with E-state index in [0.29, 0.717) is 29.0 Å². The van der Waals surface area contributed by atoms with Gasteiger partial charge >= 0.3 is 5.97 Å². The quantitative estimate of drug-likeness (QED) is 0.756. The fourth-order valence-electron chi connectivity index (χ4n) is 3.04. The summed E-state index contributed by atoms with van der Waals surface area (Å²) in [7, 11) is 0. The van der Waals surface area contributed by atoms with Crippen molar-refractivity contribution in [1.29, 1.82) is 0 Å². The lowest BCUT2D eigenvalue weighted by molar-refractivity contribution is 0.0690. The molecule has 1 saturated carbocycles. The molecular weight excluding hydrogens is 314 g/mol. The van der Waals surface area contributed by atoms with Crippen molar-refractivity contribution in [1.82, 2.24) is 15.3 Å². The number of carboxylic acids is 1. The number of aromatic amines is 1. The summed E-state index contributed by atoms with van der Waals surface area (Å²) in [5.74, 6) is -0.438. The minimum atomic E-state index is -1.00. The molecule has 0 unspecified atom stereocenters. The highest BCUT2D eigenvalue weighted by atomic mass is 35.5. The van der Waals surface area contributed by atoms with Crippen LogP contribution in [0.1, 0.15) is 41.9 Å². The monoisotopic (exact) mass is 333 g/mol. The van der Waals surface area contributed by atoms with Crippen molar-refractivity contribution in [2.75, 3.05) is 6.54 Å². The van der Waals surface area contributed by atoms with Crippen LogP contribution in [0.15, 0.2) is 24.3 Å². The maximum absolute atomic E-state index is 11.4. The van der Waals surface area contributed by atoms with Gasteiger partial charge in [-0.15, -0.1) is 0 Å². The molecule has 0 bridgehead atoms. The zero-order chi connectivity index (χ0) is 16.2. The Morgan fingerprint density at radius 2 is 2.00 bits per heavy atom. The minimum absolute atomic E-state index is 0.100. The summed E-state index contributed by atoms with van der Waals surface area (Å²) in [6.07, 6.45) is 5.61. The number of carbonyl (C=O) groups is 1. The molecule has 1 fully saturated rings. The lowest BCUT2D eigenvalue weighted by Gasteiger charge is -2.10. The van der Waals surface area contributed by atoms with Gasteiger partial charge in [0.15, 0.2) is 5.69 Å². The topological polar surface area (TPSA) is 78.0 Å². The highest BCUT2D eigenvalue weighted by Crippen LogP contribution is 2.21. The smallest absolute Gasteiger partial charge is 0.356 e. The summed E-state index contributed by atoms with van der Waals surface area (Å²) in [6, 6.07) is 7.75. The van der Waals surface area contributed by atoms with Crippen LogP contribution in [0.25, 0.3) is 11.4 Å². The van der Waals surface area contributed by atoms with Crippen LogP contribution in [0.5, 0.6) is 0 Å². The number of hydrogen-bond donors (Lipinski definition) is 3. The van der Waals surface area contributed by atoms with E-state index in [0.717, 1.165) is 12.1 Å². The maximum Gasteiger partial charge on any atom is 0.356 e. The standard InChI is InChI=1S/C17H20ClN3O2/c18-12-7-5-11(6-8-12)16-20-14(15(21-16)17(22)23)9-10-19-13-3-1-2-4-13/h5-8,13,19H,1-4,9-10H2,(H,20,21)(H,22,23). The zero-order valence-electron chi connectivity index (χ0n) is 12.8. The Morgan fingerprint density at radius 1 is 1.30 bits per heavy atom.